The van der Waals surface area contributed by atoms with Crippen molar-refractivity contribution < 1.29 is 9.90 Å². The molecule has 94 valence electrons. The molecule has 0 aliphatic rings. The Kier molecular flexibility index (Phi) is 4.23. The summed E-state index contributed by atoms with van der Waals surface area (Å²) in [5.41, 5.74) is 2.04. The molecule has 0 atom stereocenters. The summed E-state index contributed by atoms with van der Waals surface area (Å²) < 4.78 is 0. The van der Waals surface area contributed by atoms with E-state index in [1.807, 2.05) is 5.38 Å². The van der Waals surface area contributed by atoms with Crippen LogP contribution in [0, 0.1) is 0 Å². The van der Waals surface area contributed by atoms with Gasteiger partial charge in [-0.25, -0.2) is 4.79 Å². The molecule has 0 unspecified atom stereocenters. The van der Waals surface area contributed by atoms with E-state index in [0.29, 0.717) is 17.3 Å². The molecule has 0 saturated carbocycles. The van der Waals surface area contributed by atoms with Crippen LogP contribution in [0.4, 0.5) is 5.69 Å². The Morgan fingerprint density at radius 1 is 1.39 bits per heavy atom. The van der Waals surface area contributed by atoms with Crippen molar-refractivity contribution in [2.75, 3.05) is 11.9 Å². The van der Waals surface area contributed by atoms with Crippen molar-refractivity contribution in [1.29, 1.82) is 0 Å². The molecule has 0 radical (unpaired) electrons. The summed E-state index contributed by atoms with van der Waals surface area (Å²) in [7, 11) is 0. The van der Waals surface area contributed by atoms with Gasteiger partial charge in [0.1, 0.15) is 0 Å². The molecule has 2 aromatic rings. The first-order valence-corrected chi connectivity index (χ1v) is 6.76. The number of aromatic carboxylic acids is 1. The summed E-state index contributed by atoms with van der Waals surface area (Å²) in [4.78, 5) is 11.0. The molecular weight excluding hydrogens is 270 g/mol. The highest BCUT2D eigenvalue weighted by Gasteiger charge is 2.09. The highest BCUT2D eigenvalue weighted by atomic mass is 35.5. The Balaban J connectivity index is 2.03. The third kappa shape index (κ3) is 3.24. The molecule has 0 fully saturated rings. The lowest BCUT2D eigenvalue weighted by Crippen LogP contribution is -2.09. The average molecular weight is 282 g/mol. The maximum absolute atomic E-state index is 11.0. The number of hydrogen-bond acceptors (Lipinski definition) is 3. The lowest BCUT2D eigenvalue weighted by molar-refractivity contribution is 0.0698. The van der Waals surface area contributed by atoms with E-state index in [1.54, 1.807) is 23.5 Å². The van der Waals surface area contributed by atoms with Crippen LogP contribution >= 0.6 is 22.9 Å². The number of nitrogens with one attached hydrogen (secondary N) is 1. The number of halogens is 1. The lowest BCUT2D eigenvalue weighted by atomic mass is 10.1. The fourth-order valence-electron chi connectivity index (χ4n) is 1.63. The number of carbonyl (C=O) groups is 1. The fourth-order valence-corrected chi connectivity index (χ4v) is 2.50. The molecule has 1 heterocycles. The van der Waals surface area contributed by atoms with Gasteiger partial charge in [0.25, 0.3) is 0 Å². The number of rotatable bonds is 5. The summed E-state index contributed by atoms with van der Waals surface area (Å²) >= 11 is 7.52. The molecule has 1 aromatic carbocycles. The van der Waals surface area contributed by atoms with Crippen LogP contribution in [-0.4, -0.2) is 17.6 Å². The van der Waals surface area contributed by atoms with E-state index in [1.165, 1.54) is 11.6 Å². The Hall–Kier alpha value is -1.52. The van der Waals surface area contributed by atoms with Crippen molar-refractivity contribution in [3.8, 4) is 0 Å². The highest BCUT2D eigenvalue weighted by Crippen LogP contribution is 2.21. The van der Waals surface area contributed by atoms with Gasteiger partial charge >= 0.3 is 5.97 Å². The van der Waals surface area contributed by atoms with Gasteiger partial charge in [0.2, 0.25) is 0 Å². The first-order chi connectivity index (χ1) is 8.66. The number of hydrogen-bond donors (Lipinski definition) is 2. The van der Waals surface area contributed by atoms with Crippen LogP contribution in [0.5, 0.6) is 0 Å². The average Bonchev–Trinajstić information content (AvgIpc) is 2.82. The van der Waals surface area contributed by atoms with Gasteiger partial charge in [0, 0.05) is 11.6 Å². The molecule has 0 saturated heterocycles. The Morgan fingerprint density at radius 3 is 2.89 bits per heavy atom. The summed E-state index contributed by atoms with van der Waals surface area (Å²) in [5, 5.41) is 16.8. The van der Waals surface area contributed by atoms with Gasteiger partial charge in [-0.15, -0.1) is 0 Å². The molecule has 0 spiro atoms. The molecule has 0 aliphatic carbocycles. The van der Waals surface area contributed by atoms with Crippen molar-refractivity contribution >= 4 is 34.6 Å². The third-order valence-electron chi connectivity index (χ3n) is 2.52. The minimum Gasteiger partial charge on any atom is -0.478 e. The van der Waals surface area contributed by atoms with Crippen LogP contribution in [-0.2, 0) is 6.42 Å². The van der Waals surface area contributed by atoms with Crippen LogP contribution < -0.4 is 5.32 Å². The van der Waals surface area contributed by atoms with E-state index < -0.39 is 5.97 Å². The van der Waals surface area contributed by atoms with Crippen LogP contribution in [0.2, 0.25) is 5.02 Å². The maximum Gasteiger partial charge on any atom is 0.337 e. The minimum absolute atomic E-state index is 0.240. The number of carboxylic acids is 1. The van der Waals surface area contributed by atoms with Crippen LogP contribution in [0.15, 0.2) is 35.0 Å². The van der Waals surface area contributed by atoms with Crippen molar-refractivity contribution in [1.82, 2.24) is 0 Å². The normalized spacial score (nSPS) is 10.3. The molecular formula is C13H12ClNO2S. The number of carboxylic acid groups (broad SMARTS) is 1. The van der Waals surface area contributed by atoms with Crippen molar-refractivity contribution in [3.05, 3.63) is 51.2 Å². The minimum atomic E-state index is -0.954. The fraction of sp³-hybridized carbons (Fsp3) is 0.154. The predicted molar refractivity (Wildman–Crippen MR) is 74.9 cm³/mol. The molecule has 18 heavy (non-hydrogen) atoms. The second-order valence-corrected chi connectivity index (χ2v) is 5.02. The van der Waals surface area contributed by atoms with Gasteiger partial charge in [-0.2, -0.15) is 11.3 Å². The summed E-state index contributed by atoms with van der Waals surface area (Å²) in [6.45, 7) is 0.678. The SMILES string of the molecule is O=C(O)c1ccc(Cl)cc1NCCc1ccsc1. The van der Waals surface area contributed by atoms with E-state index in [4.69, 9.17) is 16.7 Å². The van der Waals surface area contributed by atoms with E-state index >= 15 is 0 Å². The first kappa shape index (κ1) is 12.9. The van der Waals surface area contributed by atoms with E-state index in [2.05, 4.69) is 16.8 Å². The predicted octanol–water partition coefficient (Wildman–Crippen LogP) is 3.75. The van der Waals surface area contributed by atoms with E-state index in [9.17, 15) is 4.79 Å². The Labute approximate surface area is 114 Å². The smallest absolute Gasteiger partial charge is 0.337 e. The maximum atomic E-state index is 11.0. The number of anilines is 1. The first-order valence-electron chi connectivity index (χ1n) is 5.44. The molecule has 5 heteroatoms. The zero-order valence-corrected chi connectivity index (χ0v) is 11.1. The zero-order chi connectivity index (χ0) is 13.0. The summed E-state index contributed by atoms with van der Waals surface area (Å²) in [5.74, 6) is -0.954. The molecule has 0 aliphatic heterocycles. The van der Waals surface area contributed by atoms with E-state index in [-0.39, 0.29) is 5.56 Å². The molecule has 3 nitrogen and oxygen atoms in total. The van der Waals surface area contributed by atoms with Gasteiger partial charge in [0.05, 0.1) is 11.3 Å². The Bertz CT molecular complexity index is 540. The standard InChI is InChI=1S/C13H12ClNO2S/c14-10-1-2-11(13(16)17)12(7-10)15-5-3-9-4-6-18-8-9/h1-2,4,6-8,15H,3,5H2,(H,16,17). The summed E-state index contributed by atoms with van der Waals surface area (Å²) in [6, 6.07) is 6.79. The largest absolute Gasteiger partial charge is 0.478 e. The number of benzene rings is 1. The van der Waals surface area contributed by atoms with Crippen molar-refractivity contribution in [2.24, 2.45) is 0 Å². The molecule has 0 bridgehead atoms. The van der Waals surface area contributed by atoms with Crippen LogP contribution in [0.3, 0.4) is 0 Å². The van der Waals surface area contributed by atoms with Crippen LogP contribution in [0.25, 0.3) is 0 Å². The Morgan fingerprint density at radius 2 is 2.22 bits per heavy atom. The number of thiophene rings is 1. The summed E-state index contributed by atoms with van der Waals surface area (Å²) in [6.07, 6.45) is 0.856. The second kappa shape index (κ2) is 5.89. The molecule has 1 aromatic heterocycles. The second-order valence-electron chi connectivity index (χ2n) is 3.80. The van der Waals surface area contributed by atoms with Crippen LogP contribution in [0.1, 0.15) is 15.9 Å². The lowest BCUT2D eigenvalue weighted by Gasteiger charge is -2.09. The monoisotopic (exact) mass is 281 g/mol. The van der Waals surface area contributed by atoms with Crippen molar-refractivity contribution in [2.45, 2.75) is 6.42 Å². The van der Waals surface area contributed by atoms with Crippen molar-refractivity contribution in [3.63, 3.8) is 0 Å². The zero-order valence-electron chi connectivity index (χ0n) is 9.52. The van der Waals surface area contributed by atoms with E-state index in [0.717, 1.165) is 6.42 Å². The third-order valence-corrected chi connectivity index (χ3v) is 3.49. The van der Waals surface area contributed by atoms with Gasteiger partial charge < -0.3 is 10.4 Å². The van der Waals surface area contributed by atoms with Gasteiger partial charge in [-0.3, -0.25) is 0 Å². The topological polar surface area (TPSA) is 49.3 Å². The highest BCUT2D eigenvalue weighted by molar-refractivity contribution is 7.07. The molecule has 0 amide bonds. The van der Waals surface area contributed by atoms with Gasteiger partial charge in [-0.05, 0) is 47.0 Å². The molecule has 2 rings (SSSR count). The van der Waals surface area contributed by atoms with Gasteiger partial charge in [-0.1, -0.05) is 11.6 Å². The molecule has 2 N–H and O–H groups in total. The van der Waals surface area contributed by atoms with Gasteiger partial charge in [0.15, 0.2) is 0 Å². The quantitative estimate of drug-likeness (QED) is 0.877.